The van der Waals surface area contributed by atoms with Crippen molar-refractivity contribution in [3.63, 3.8) is 0 Å². The van der Waals surface area contributed by atoms with Gasteiger partial charge < -0.3 is 4.52 Å². The van der Waals surface area contributed by atoms with Crippen LogP contribution in [0.25, 0.3) is 11.1 Å². The molecule has 1 aromatic carbocycles. The zero-order chi connectivity index (χ0) is 30.3. The van der Waals surface area contributed by atoms with Gasteiger partial charge in [0.25, 0.3) is 0 Å². The molecule has 2 heterocycles. The Morgan fingerprint density at radius 3 is 2.45 bits per heavy atom. The number of carbonyl (C=O) groups is 1. The topological polar surface area (TPSA) is 118 Å². The minimum atomic E-state index is -3.39. The number of pyridine rings is 1. The van der Waals surface area contributed by atoms with E-state index >= 15 is 0 Å². The first kappa shape index (κ1) is 29.9. The van der Waals surface area contributed by atoms with Gasteiger partial charge in [-0.15, -0.1) is 6.58 Å². The number of amides is 1. The predicted molar refractivity (Wildman–Crippen MR) is 160 cm³/mol. The highest BCUT2D eigenvalue weighted by Crippen LogP contribution is 2.70. The van der Waals surface area contributed by atoms with E-state index in [9.17, 15) is 17.6 Å². The zero-order valence-corrected chi connectivity index (χ0v) is 25.4. The van der Waals surface area contributed by atoms with Crippen molar-refractivity contribution in [2.45, 2.75) is 70.4 Å². The van der Waals surface area contributed by atoms with Crippen molar-refractivity contribution in [1.29, 1.82) is 0 Å². The van der Waals surface area contributed by atoms with E-state index in [1.165, 1.54) is 0 Å². The standard InChI is InChI=1S/C31H38FN5O4S/c1-6-21(8-7-9-25-34-27(41-35-25)29(2,3)4)17-37(28(38)30-18-31(32,19-30)20-30)26-16-23(14-15-33-26)22-10-12-24(13-11-22)36-42(5,39)40/h6,10-16,21,36H,1,7-9,17-20H2,2-5H3. The quantitative estimate of drug-likeness (QED) is 0.261. The maximum Gasteiger partial charge on any atom is 0.234 e. The fourth-order valence-corrected chi connectivity index (χ4v) is 6.41. The van der Waals surface area contributed by atoms with E-state index in [-0.39, 0.29) is 36.5 Å². The van der Waals surface area contributed by atoms with Crippen LogP contribution in [0.1, 0.15) is 64.6 Å². The lowest BCUT2D eigenvalue weighted by Crippen LogP contribution is -2.70. The highest BCUT2D eigenvalue weighted by atomic mass is 32.2. The van der Waals surface area contributed by atoms with Gasteiger partial charge in [-0.2, -0.15) is 4.98 Å². The summed E-state index contributed by atoms with van der Waals surface area (Å²) in [5.74, 6) is 1.63. The predicted octanol–water partition coefficient (Wildman–Crippen LogP) is 5.85. The minimum absolute atomic E-state index is 0.0265. The Bertz CT molecular complexity index is 1560. The lowest BCUT2D eigenvalue weighted by Gasteiger charge is -2.65. The number of aromatic nitrogens is 3. The molecule has 11 heteroatoms. The zero-order valence-electron chi connectivity index (χ0n) is 24.6. The third-order valence-corrected chi connectivity index (χ3v) is 8.65. The molecule has 3 aromatic rings. The summed E-state index contributed by atoms with van der Waals surface area (Å²) in [6, 6.07) is 10.7. The first-order chi connectivity index (χ1) is 19.7. The van der Waals surface area contributed by atoms with Crippen LogP contribution in [0, 0.1) is 11.3 Å². The highest BCUT2D eigenvalue weighted by molar-refractivity contribution is 7.92. The Hall–Kier alpha value is -3.60. The number of rotatable bonds is 12. The van der Waals surface area contributed by atoms with Gasteiger partial charge >= 0.3 is 0 Å². The van der Waals surface area contributed by atoms with Crippen molar-refractivity contribution in [2.24, 2.45) is 11.3 Å². The maximum absolute atomic E-state index is 14.4. The van der Waals surface area contributed by atoms with Gasteiger partial charge in [0.15, 0.2) is 5.82 Å². The number of aryl methyl sites for hydroxylation is 1. The number of hydrogen-bond donors (Lipinski definition) is 1. The van der Waals surface area contributed by atoms with Crippen LogP contribution >= 0.6 is 0 Å². The maximum atomic E-state index is 14.4. The molecule has 1 atom stereocenters. The molecular weight excluding hydrogens is 557 g/mol. The summed E-state index contributed by atoms with van der Waals surface area (Å²) in [4.78, 5) is 24.6. The molecule has 0 saturated heterocycles. The Labute approximate surface area is 246 Å². The van der Waals surface area contributed by atoms with Crippen molar-refractivity contribution in [3.05, 3.63) is 67.0 Å². The van der Waals surface area contributed by atoms with Crippen LogP contribution in [0.5, 0.6) is 0 Å². The summed E-state index contributed by atoms with van der Waals surface area (Å²) in [5, 5.41) is 4.11. The van der Waals surface area contributed by atoms with Crippen LogP contribution < -0.4 is 9.62 Å². The molecule has 0 aliphatic heterocycles. The van der Waals surface area contributed by atoms with Crippen molar-refractivity contribution in [2.75, 3.05) is 22.4 Å². The molecule has 6 rings (SSSR count). The van der Waals surface area contributed by atoms with E-state index in [0.29, 0.717) is 36.2 Å². The van der Waals surface area contributed by atoms with Crippen LogP contribution in [0.15, 0.2) is 59.8 Å². The largest absolute Gasteiger partial charge is 0.339 e. The van der Waals surface area contributed by atoms with Crippen LogP contribution in [0.3, 0.4) is 0 Å². The Balaban J connectivity index is 1.33. The van der Waals surface area contributed by atoms with Gasteiger partial charge in [0.1, 0.15) is 11.5 Å². The first-order valence-electron chi connectivity index (χ1n) is 14.2. The van der Waals surface area contributed by atoms with Gasteiger partial charge in [-0.1, -0.05) is 44.1 Å². The number of nitrogens with zero attached hydrogens (tertiary/aromatic N) is 4. The number of nitrogens with one attached hydrogen (secondary N) is 1. The number of halogens is 1. The molecule has 3 aliphatic carbocycles. The molecule has 224 valence electrons. The fourth-order valence-electron chi connectivity index (χ4n) is 5.85. The lowest BCUT2D eigenvalue weighted by molar-refractivity contribution is -0.211. The smallest absolute Gasteiger partial charge is 0.234 e. The molecule has 42 heavy (non-hydrogen) atoms. The molecule has 1 N–H and O–H groups in total. The molecule has 3 aliphatic rings. The van der Waals surface area contributed by atoms with E-state index in [1.807, 2.05) is 51.1 Å². The van der Waals surface area contributed by atoms with Crippen LogP contribution in [-0.4, -0.2) is 47.9 Å². The summed E-state index contributed by atoms with van der Waals surface area (Å²) >= 11 is 0. The number of benzene rings is 1. The van der Waals surface area contributed by atoms with E-state index < -0.39 is 21.1 Å². The molecule has 1 amide bonds. The molecule has 3 fully saturated rings. The number of hydrogen-bond acceptors (Lipinski definition) is 7. The first-order valence-corrected chi connectivity index (χ1v) is 16.1. The van der Waals surface area contributed by atoms with Crippen molar-refractivity contribution in [1.82, 2.24) is 15.1 Å². The second-order valence-corrected chi connectivity index (χ2v) is 14.6. The van der Waals surface area contributed by atoms with Gasteiger partial charge in [0.2, 0.25) is 21.8 Å². The lowest BCUT2D eigenvalue weighted by atomic mass is 9.42. The van der Waals surface area contributed by atoms with Gasteiger partial charge in [0, 0.05) is 30.3 Å². The average molecular weight is 596 g/mol. The molecule has 2 aromatic heterocycles. The molecule has 0 spiro atoms. The number of alkyl halides is 1. The molecule has 3 saturated carbocycles. The summed E-state index contributed by atoms with van der Waals surface area (Å²) in [5.41, 5.74) is 0.0445. The summed E-state index contributed by atoms with van der Waals surface area (Å²) in [6.45, 7) is 10.5. The fraction of sp³-hybridized carbons (Fsp3) is 0.484. The normalized spacial score (nSPS) is 22.0. The van der Waals surface area contributed by atoms with E-state index in [0.717, 1.165) is 30.2 Å². The number of anilines is 2. The number of carbonyl (C=O) groups excluding carboxylic acids is 1. The molecule has 9 nitrogen and oxygen atoms in total. The molecule has 2 bridgehead atoms. The molecule has 0 radical (unpaired) electrons. The number of sulfonamides is 1. The monoisotopic (exact) mass is 595 g/mol. The van der Waals surface area contributed by atoms with Gasteiger partial charge in [-0.05, 0) is 73.4 Å². The third kappa shape index (κ3) is 6.40. The molecule has 1 unspecified atom stereocenters. The minimum Gasteiger partial charge on any atom is -0.339 e. The second kappa shape index (κ2) is 10.9. The van der Waals surface area contributed by atoms with E-state index in [4.69, 9.17) is 4.52 Å². The average Bonchev–Trinajstić information content (AvgIpc) is 3.37. The van der Waals surface area contributed by atoms with Gasteiger partial charge in [-0.25, -0.2) is 17.8 Å². The Morgan fingerprint density at radius 1 is 1.19 bits per heavy atom. The summed E-state index contributed by atoms with van der Waals surface area (Å²) in [6.07, 6.45) is 7.56. The van der Waals surface area contributed by atoms with Crippen LogP contribution in [0.4, 0.5) is 15.9 Å². The van der Waals surface area contributed by atoms with Crippen molar-refractivity contribution >= 4 is 27.4 Å². The van der Waals surface area contributed by atoms with Crippen LogP contribution in [-0.2, 0) is 26.7 Å². The highest BCUT2D eigenvalue weighted by Gasteiger charge is 2.73. The van der Waals surface area contributed by atoms with E-state index in [2.05, 4.69) is 26.4 Å². The van der Waals surface area contributed by atoms with E-state index in [1.54, 1.807) is 23.2 Å². The van der Waals surface area contributed by atoms with Crippen molar-refractivity contribution in [3.8, 4) is 11.1 Å². The Morgan fingerprint density at radius 2 is 1.88 bits per heavy atom. The second-order valence-electron chi connectivity index (χ2n) is 12.9. The third-order valence-electron chi connectivity index (χ3n) is 8.04. The summed E-state index contributed by atoms with van der Waals surface area (Å²) < 4.78 is 45.4. The van der Waals surface area contributed by atoms with Gasteiger partial charge in [0.05, 0.1) is 11.7 Å². The SMILES string of the molecule is C=CC(CCCc1noc(C(C)(C)C)n1)CN(C(=O)C12CC(F)(C1)C2)c1cc(-c2ccc(NS(C)(=O)=O)cc2)ccn1. The van der Waals surface area contributed by atoms with Crippen LogP contribution in [0.2, 0.25) is 0 Å². The summed E-state index contributed by atoms with van der Waals surface area (Å²) in [7, 11) is -3.39. The van der Waals surface area contributed by atoms with Gasteiger partial charge in [-0.3, -0.25) is 14.4 Å². The van der Waals surface area contributed by atoms with Crippen molar-refractivity contribution < 1.29 is 22.1 Å². The Kier molecular flexibility index (Phi) is 7.76. The molecular formula is C31H38FN5O4S.